The first-order valence-electron chi connectivity index (χ1n) is 12.6. The SMILES string of the molecule is CCNC(=O)Nc1ccc(-c2nc3c(c(N4CCOC[C@@H]4C)n2)CCN(CC(C)C)C3)cc1.O=CO. The van der Waals surface area contributed by atoms with E-state index in [0.29, 0.717) is 19.1 Å². The van der Waals surface area contributed by atoms with Gasteiger partial charge in [-0.15, -0.1) is 0 Å². The van der Waals surface area contributed by atoms with Crippen molar-refractivity contribution in [1.29, 1.82) is 0 Å². The molecule has 0 bridgehead atoms. The number of carbonyl (C=O) groups is 2. The number of aromatic nitrogens is 2. The van der Waals surface area contributed by atoms with Gasteiger partial charge < -0.3 is 25.4 Å². The molecule has 10 heteroatoms. The summed E-state index contributed by atoms with van der Waals surface area (Å²) in [6.45, 7) is 14.2. The maximum absolute atomic E-state index is 11.8. The minimum absolute atomic E-state index is 0.205. The Bertz CT molecular complexity index is 1010. The van der Waals surface area contributed by atoms with Crippen LogP contribution in [0.5, 0.6) is 0 Å². The number of nitrogens with zero attached hydrogens (tertiary/aromatic N) is 4. The van der Waals surface area contributed by atoms with E-state index in [1.165, 1.54) is 5.56 Å². The number of amides is 2. The van der Waals surface area contributed by atoms with E-state index in [4.69, 9.17) is 24.6 Å². The van der Waals surface area contributed by atoms with Crippen LogP contribution < -0.4 is 15.5 Å². The number of carbonyl (C=O) groups excluding carboxylic acids is 1. The monoisotopic (exact) mass is 498 g/mol. The summed E-state index contributed by atoms with van der Waals surface area (Å²) in [4.78, 5) is 35.2. The summed E-state index contributed by atoms with van der Waals surface area (Å²) in [5.74, 6) is 2.41. The number of anilines is 2. The van der Waals surface area contributed by atoms with Crippen molar-refractivity contribution in [3.63, 3.8) is 0 Å². The smallest absolute Gasteiger partial charge is 0.319 e. The average molecular weight is 499 g/mol. The number of urea groups is 1. The van der Waals surface area contributed by atoms with Crippen LogP contribution in [0.4, 0.5) is 16.3 Å². The fourth-order valence-electron chi connectivity index (χ4n) is 4.58. The number of hydrogen-bond donors (Lipinski definition) is 3. The van der Waals surface area contributed by atoms with Gasteiger partial charge in [0, 0.05) is 49.5 Å². The summed E-state index contributed by atoms with van der Waals surface area (Å²) in [5, 5.41) is 12.5. The standard InChI is InChI=1S/C25H36N6O2.CH2O2/c1-5-26-25(32)27-20-8-6-19(7-9-20)23-28-22-15-30(14-17(2)3)11-10-21(22)24(29-23)31-12-13-33-16-18(31)4;2-1-3/h6-9,17-18H,5,10-16H2,1-4H3,(H2,26,27,32);1H,(H,2,3)/t18-;/m0./s1. The molecule has 36 heavy (non-hydrogen) atoms. The zero-order valence-electron chi connectivity index (χ0n) is 21.7. The summed E-state index contributed by atoms with van der Waals surface area (Å²) in [7, 11) is 0. The topological polar surface area (TPSA) is 120 Å². The highest BCUT2D eigenvalue weighted by atomic mass is 16.5. The van der Waals surface area contributed by atoms with Gasteiger partial charge in [-0.1, -0.05) is 13.8 Å². The summed E-state index contributed by atoms with van der Waals surface area (Å²) in [5.41, 5.74) is 4.10. The number of hydrogen-bond acceptors (Lipinski definition) is 7. The highest BCUT2D eigenvalue weighted by molar-refractivity contribution is 5.89. The summed E-state index contributed by atoms with van der Waals surface area (Å²) in [6, 6.07) is 7.83. The quantitative estimate of drug-likeness (QED) is 0.520. The Labute approximate surface area is 213 Å². The van der Waals surface area contributed by atoms with Gasteiger partial charge in [0.05, 0.1) is 24.9 Å². The van der Waals surface area contributed by atoms with Gasteiger partial charge in [0.25, 0.3) is 6.47 Å². The average Bonchev–Trinajstić information content (AvgIpc) is 2.84. The summed E-state index contributed by atoms with van der Waals surface area (Å²) < 4.78 is 5.68. The molecule has 2 aliphatic heterocycles. The predicted molar refractivity (Wildman–Crippen MR) is 140 cm³/mol. The fourth-order valence-corrected chi connectivity index (χ4v) is 4.58. The van der Waals surface area contributed by atoms with Crippen molar-refractivity contribution < 1.29 is 19.4 Å². The van der Waals surface area contributed by atoms with Crippen LogP contribution in [-0.2, 0) is 22.5 Å². The molecular weight excluding hydrogens is 460 g/mol. The third kappa shape index (κ3) is 7.14. The van der Waals surface area contributed by atoms with E-state index in [1.807, 2.05) is 31.2 Å². The van der Waals surface area contributed by atoms with Crippen molar-refractivity contribution in [2.45, 2.75) is 46.7 Å². The summed E-state index contributed by atoms with van der Waals surface area (Å²) in [6.07, 6.45) is 0.969. The Morgan fingerprint density at radius 3 is 2.61 bits per heavy atom. The number of benzene rings is 1. The third-order valence-electron chi connectivity index (χ3n) is 6.12. The molecule has 1 fully saturated rings. The number of nitrogens with one attached hydrogen (secondary N) is 2. The molecule has 0 radical (unpaired) electrons. The molecule has 2 aromatic rings. The molecule has 2 amide bonds. The first kappa shape index (κ1) is 27.3. The van der Waals surface area contributed by atoms with Crippen molar-refractivity contribution in [2.75, 3.05) is 49.6 Å². The molecule has 196 valence electrons. The maximum atomic E-state index is 11.8. The maximum Gasteiger partial charge on any atom is 0.319 e. The lowest BCUT2D eigenvalue weighted by Crippen LogP contribution is -2.45. The van der Waals surface area contributed by atoms with Gasteiger partial charge in [-0.25, -0.2) is 14.8 Å². The molecule has 1 aromatic heterocycles. The lowest BCUT2D eigenvalue weighted by Gasteiger charge is -2.38. The van der Waals surface area contributed by atoms with Crippen LogP contribution in [0, 0.1) is 5.92 Å². The second-order valence-corrected chi connectivity index (χ2v) is 9.46. The Kier molecular flexibility index (Phi) is 10.0. The molecule has 0 saturated carbocycles. The van der Waals surface area contributed by atoms with Crippen LogP contribution in [0.15, 0.2) is 24.3 Å². The molecule has 10 nitrogen and oxygen atoms in total. The van der Waals surface area contributed by atoms with Crippen LogP contribution in [0.2, 0.25) is 0 Å². The van der Waals surface area contributed by atoms with Gasteiger partial charge >= 0.3 is 6.03 Å². The second kappa shape index (κ2) is 13.2. The van der Waals surface area contributed by atoms with Crippen molar-refractivity contribution in [3.8, 4) is 11.4 Å². The van der Waals surface area contributed by atoms with Gasteiger partial charge in [0.15, 0.2) is 5.82 Å². The Hall–Kier alpha value is -3.24. The number of fused-ring (bicyclic) bond motifs is 1. The number of carboxylic acid groups (broad SMARTS) is 1. The minimum atomic E-state index is -0.250. The summed E-state index contributed by atoms with van der Waals surface area (Å²) >= 11 is 0. The molecule has 4 rings (SSSR count). The number of rotatable bonds is 6. The Morgan fingerprint density at radius 1 is 1.25 bits per heavy atom. The molecule has 1 aromatic carbocycles. The van der Waals surface area contributed by atoms with Gasteiger partial charge in [0.2, 0.25) is 0 Å². The zero-order valence-corrected chi connectivity index (χ0v) is 21.7. The number of morpholine rings is 1. The first-order chi connectivity index (χ1) is 17.4. The van der Waals surface area contributed by atoms with Crippen LogP contribution in [0.25, 0.3) is 11.4 Å². The van der Waals surface area contributed by atoms with Gasteiger partial charge in [-0.3, -0.25) is 9.69 Å². The van der Waals surface area contributed by atoms with Crippen molar-refractivity contribution in [2.24, 2.45) is 5.92 Å². The lowest BCUT2D eigenvalue weighted by atomic mass is 10.0. The molecule has 1 atom stereocenters. The molecule has 0 spiro atoms. The molecule has 3 heterocycles. The lowest BCUT2D eigenvalue weighted by molar-refractivity contribution is -0.122. The van der Waals surface area contributed by atoms with E-state index in [1.54, 1.807) is 0 Å². The number of ether oxygens (including phenoxy) is 1. The van der Waals surface area contributed by atoms with E-state index in [9.17, 15) is 4.79 Å². The largest absolute Gasteiger partial charge is 0.483 e. The molecule has 3 N–H and O–H groups in total. The van der Waals surface area contributed by atoms with Gasteiger partial charge in [-0.2, -0.15) is 0 Å². The van der Waals surface area contributed by atoms with E-state index in [0.717, 1.165) is 67.8 Å². The second-order valence-electron chi connectivity index (χ2n) is 9.46. The van der Waals surface area contributed by atoms with E-state index < -0.39 is 0 Å². The minimum Gasteiger partial charge on any atom is -0.483 e. The van der Waals surface area contributed by atoms with E-state index in [2.05, 4.69) is 41.2 Å². The van der Waals surface area contributed by atoms with Crippen LogP contribution >= 0.6 is 0 Å². The van der Waals surface area contributed by atoms with Gasteiger partial charge in [0.1, 0.15) is 5.82 Å². The Balaban J connectivity index is 0.00000115. The fraction of sp³-hybridized carbons (Fsp3) is 0.538. The van der Waals surface area contributed by atoms with E-state index >= 15 is 0 Å². The highest BCUT2D eigenvalue weighted by Gasteiger charge is 2.29. The molecule has 0 unspecified atom stereocenters. The Morgan fingerprint density at radius 2 is 1.97 bits per heavy atom. The predicted octanol–water partition coefficient (Wildman–Crippen LogP) is 3.23. The molecular formula is C26H38N6O4. The molecule has 2 aliphatic rings. The van der Waals surface area contributed by atoms with Crippen LogP contribution in [0.1, 0.15) is 39.0 Å². The third-order valence-corrected chi connectivity index (χ3v) is 6.12. The zero-order chi connectivity index (χ0) is 26.1. The van der Waals surface area contributed by atoms with Crippen molar-refractivity contribution in [1.82, 2.24) is 20.2 Å². The van der Waals surface area contributed by atoms with E-state index in [-0.39, 0.29) is 18.5 Å². The van der Waals surface area contributed by atoms with Crippen LogP contribution in [-0.4, -0.2) is 77.9 Å². The first-order valence-corrected chi connectivity index (χ1v) is 12.6. The van der Waals surface area contributed by atoms with Crippen molar-refractivity contribution >= 4 is 24.0 Å². The van der Waals surface area contributed by atoms with Gasteiger partial charge in [-0.05, 0) is 50.5 Å². The normalized spacial score (nSPS) is 17.6. The molecule has 0 aliphatic carbocycles. The van der Waals surface area contributed by atoms with Crippen LogP contribution in [0.3, 0.4) is 0 Å². The highest BCUT2D eigenvalue weighted by Crippen LogP contribution is 2.32. The molecule has 1 saturated heterocycles. The van der Waals surface area contributed by atoms with Crippen molar-refractivity contribution in [3.05, 3.63) is 35.5 Å².